The second kappa shape index (κ2) is 7.09. The minimum absolute atomic E-state index is 0.0507. The van der Waals surface area contributed by atoms with Crippen molar-refractivity contribution in [3.8, 4) is 23.7 Å². The van der Waals surface area contributed by atoms with Gasteiger partial charge in [0.1, 0.15) is 24.2 Å². The Morgan fingerprint density at radius 2 is 2.00 bits per heavy atom. The van der Waals surface area contributed by atoms with Crippen LogP contribution in [0.3, 0.4) is 0 Å². The van der Waals surface area contributed by atoms with E-state index < -0.39 is 5.82 Å². The topological polar surface area (TPSA) is 59.0 Å². The molecule has 2 aromatic carbocycles. The van der Waals surface area contributed by atoms with E-state index in [4.69, 9.17) is 15.7 Å². The number of hydrogen-bond acceptors (Lipinski definition) is 3. The normalized spacial score (nSPS) is 9.38. The molecule has 0 saturated heterocycles. The molecule has 0 fully saturated rings. The molecule has 2 rings (SSSR count). The number of nitrogens with two attached hydrogens (primary N) is 1. The summed E-state index contributed by atoms with van der Waals surface area (Å²) in [6.07, 6.45) is 0. The van der Waals surface area contributed by atoms with E-state index in [1.165, 1.54) is 6.07 Å². The van der Waals surface area contributed by atoms with Gasteiger partial charge in [-0.25, -0.2) is 4.39 Å². The highest BCUT2D eigenvalue weighted by atomic mass is 19.1. The van der Waals surface area contributed by atoms with Gasteiger partial charge in [0, 0.05) is 11.1 Å². The van der Waals surface area contributed by atoms with Crippen LogP contribution in [0.15, 0.2) is 42.5 Å². The van der Waals surface area contributed by atoms with Crippen LogP contribution in [0.5, 0.6) is 5.75 Å². The van der Waals surface area contributed by atoms with Gasteiger partial charge in [0.25, 0.3) is 0 Å². The molecule has 0 amide bonds. The van der Waals surface area contributed by atoms with Gasteiger partial charge in [-0.3, -0.25) is 0 Å². The van der Waals surface area contributed by atoms with Gasteiger partial charge in [-0.1, -0.05) is 30.0 Å². The monoisotopic (exact) mass is 280 g/mol. The lowest BCUT2D eigenvalue weighted by molar-refractivity contribution is 0.299. The average molecular weight is 280 g/mol. The zero-order chi connectivity index (χ0) is 15.1. The van der Waals surface area contributed by atoms with Gasteiger partial charge in [0.2, 0.25) is 0 Å². The lowest BCUT2D eigenvalue weighted by Gasteiger charge is -2.08. The number of hydrogen-bond donors (Lipinski definition) is 1. The number of halogens is 1. The number of rotatable bonds is 3. The summed E-state index contributed by atoms with van der Waals surface area (Å²) >= 11 is 0. The summed E-state index contributed by atoms with van der Waals surface area (Å²) in [5, 5.41) is 8.96. The Bertz CT molecular complexity index is 738. The van der Waals surface area contributed by atoms with Crippen molar-refractivity contribution in [3.63, 3.8) is 0 Å². The first-order valence-electron chi connectivity index (χ1n) is 6.34. The van der Waals surface area contributed by atoms with Gasteiger partial charge in [0.05, 0.1) is 12.1 Å². The molecule has 0 unspecified atom stereocenters. The highest BCUT2D eigenvalue weighted by molar-refractivity contribution is 5.43. The average Bonchev–Trinajstić information content (AvgIpc) is 2.52. The Balaban J connectivity index is 2.12. The van der Waals surface area contributed by atoms with Gasteiger partial charge in [0.15, 0.2) is 0 Å². The fraction of sp³-hybridized carbons (Fsp3) is 0.118. The summed E-state index contributed by atoms with van der Waals surface area (Å²) in [5.74, 6) is 5.47. The van der Waals surface area contributed by atoms with Crippen LogP contribution in [-0.4, -0.2) is 6.54 Å². The van der Waals surface area contributed by atoms with E-state index in [-0.39, 0.29) is 13.2 Å². The summed E-state index contributed by atoms with van der Waals surface area (Å²) in [7, 11) is 0. The molecule has 104 valence electrons. The van der Waals surface area contributed by atoms with Crippen LogP contribution in [0.4, 0.5) is 4.39 Å². The van der Waals surface area contributed by atoms with E-state index in [1.807, 2.05) is 6.07 Å². The molecule has 2 N–H and O–H groups in total. The lowest BCUT2D eigenvalue weighted by Crippen LogP contribution is -2.00. The number of ether oxygens (including phenoxy) is 1. The summed E-state index contributed by atoms with van der Waals surface area (Å²) in [6.45, 7) is 0.284. The van der Waals surface area contributed by atoms with Gasteiger partial charge < -0.3 is 10.5 Å². The van der Waals surface area contributed by atoms with Gasteiger partial charge in [-0.15, -0.1) is 0 Å². The van der Waals surface area contributed by atoms with Gasteiger partial charge in [-0.05, 0) is 24.3 Å². The van der Waals surface area contributed by atoms with Crippen LogP contribution >= 0.6 is 0 Å². The van der Waals surface area contributed by atoms with Crippen molar-refractivity contribution >= 4 is 0 Å². The highest BCUT2D eigenvalue weighted by Crippen LogP contribution is 2.19. The lowest BCUT2D eigenvalue weighted by atomic mass is 10.1. The summed E-state index contributed by atoms with van der Waals surface area (Å²) < 4.78 is 19.4. The largest absolute Gasteiger partial charge is 0.487 e. The molecule has 0 aromatic heterocycles. The maximum atomic E-state index is 13.9. The fourth-order valence-corrected chi connectivity index (χ4v) is 1.74. The molecule has 21 heavy (non-hydrogen) atoms. The molecule has 0 aliphatic rings. The molecule has 3 nitrogen and oxygen atoms in total. The third-order valence-corrected chi connectivity index (χ3v) is 2.78. The zero-order valence-corrected chi connectivity index (χ0v) is 11.3. The van der Waals surface area contributed by atoms with Crippen LogP contribution in [0, 0.1) is 29.0 Å². The first-order valence-corrected chi connectivity index (χ1v) is 6.34. The second-order valence-electron chi connectivity index (χ2n) is 4.21. The summed E-state index contributed by atoms with van der Waals surface area (Å²) in [5.41, 5.74) is 6.66. The molecular weight excluding hydrogens is 267 g/mol. The number of nitriles is 1. The van der Waals surface area contributed by atoms with Crippen molar-refractivity contribution in [3.05, 3.63) is 65.0 Å². The zero-order valence-electron chi connectivity index (χ0n) is 11.3. The van der Waals surface area contributed by atoms with E-state index in [1.54, 1.807) is 36.4 Å². The van der Waals surface area contributed by atoms with Crippen molar-refractivity contribution in [2.24, 2.45) is 5.73 Å². The highest BCUT2D eigenvalue weighted by Gasteiger charge is 2.06. The van der Waals surface area contributed by atoms with E-state index in [9.17, 15) is 4.39 Å². The molecule has 0 saturated carbocycles. The van der Waals surface area contributed by atoms with Crippen molar-refractivity contribution in [1.29, 1.82) is 5.26 Å². The van der Waals surface area contributed by atoms with Crippen LogP contribution in [0.2, 0.25) is 0 Å². The first kappa shape index (κ1) is 14.6. The fourth-order valence-electron chi connectivity index (χ4n) is 1.74. The predicted molar refractivity (Wildman–Crippen MR) is 77.8 cm³/mol. The SMILES string of the molecule is N#Cc1ccccc1OCc1ccc(C#CCN)cc1F. The Hall–Kier alpha value is -2.82. The van der Waals surface area contributed by atoms with Crippen molar-refractivity contribution < 1.29 is 9.13 Å². The minimum atomic E-state index is -0.395. The van der Waals surface area contributed by atoms with E-state index in [0.717, 1.165) is 0 Å². The van der Waals surface area contributed by atoms with Crippen LogP contribution in [-0.2, 0) is 6.61 Å². The Morgan fingerprint density at radius 1 is 1.19 bits per heavy atom. The second-order valence-corrected chi connectivity index (χ2v) is 4.21. The van der Waals surface area contributed by atoms with E-state index >= 15 is 0 Å². The first-order chi connectivity index (χ1) is 10.2. The van der Waals surface area contributed by atoms with Crippen LogP contribution < -0.4 is 10.5 Å². The standard InChI is InChI=1S/C17H13FN2O/c18-16-10-13(4-3-9-19)7-8-15(16)12-21-17-6-2-1-5-14(17)11-20/h1-2,5-8,10H,9,12,19H2. The third kappa shape index (κ3) is 3.82. The Labute approximate surface area is 122 Å². The summed E-state index contributed by atoms with van der Waals surface area (Å²) in [4.78, 5) is 0. The molecule has 0 atom stereocenters. The maximum absolute atomic E-state index is 13.9. The molecule has 2 aromatic rings. The molecule has 0 aliphatic carbocycles. The molecule has 0 bridgehead atoms. The van der Waals surface area contributed by atoms with Crippen molar-refractivity contribution in [2.75, 3.05) is 6.54 Å². The third-order valence-electron chi connectivity index (χ3n) is 2.78. The molecule has 0 heterocycles. The van der Waals surface area contributed by atoms with Crippen molar-refractivity contribution in [2.45, 2.75) is 6.61 Å². The maximum Gasteiger partial charge on any atom is 0.137 e. The molecule has 4 heteroatoms. The minimum Gasteiger partial charge on any atom is -0.487 e. The predicted octanol–water partition coefficient (Wildman–Crippen LogP) is 2.59. The van der Waals surface area contributed by atoms with Crippen molar-refractivity contribution in [1.82, 2.24) is 0 Å². The quantitative estimate of drug-likeness (QED) is 0.879. The van der Waals surface area contributed by atoms with E-state index in [2.05, 4.69) is 11.8 Å². The summed E-state index contributed by atoms with van der Waals surface area (Å²) in [6, 6.07) is 13.5. The number of nitrogens with zero attached hydrogens (tertiary/aromatic N) is 1. The molecule has 0 aliphatic heterocycles. The van der Waals surface area contributed by atoms with E-state index in [0.29, 0.717) is 22.4 Å². The smallest absolute Gasteiger partial charge is 0.137 e. The van der Waals surface area contributed by atoms with Gasteiger partial charge in [-0.2, -0.15) is 5.26 Å². The number of para-hydroxylation sites is 1. The van der Waals surface area contributed by atoms with Crippen LogP contribution in [0.1, 0.15) is 16.7 Å². The molecule has 0 spiro atoms. The Morgan fingerprint density at radius 3 is 2.71 bits per heavy atom. The van der Waals surface area contributed by atoms with Gasteiger partial charge >= 0.3 is 0 Å². The van der Waals surface area contributed by atoms with Crippen LogP contribution in [0.25, 0.3) is 0 Å². The molecular formula is C17H13FN2O. The molecule has 0 radical (unpaired) electrons. The number of benzene rings is 2. The Kier molecular flexibility index (Phi) is 4.93.